The minimum Gasteiger partial charge on any atom is -0.333 e. The molecule has 0 spiro atoms. The highest BCUT2D eigenvalue weighted by Crippen LogP contribution is 2.07. The van der Waals surface area contributed by atoms with Crippen LogP contribution in [0.25, 0.3) is 21.5 Å². The summed E-state index contributed by atoms with van der Waals surface area (Å²) in [5, 5.41) is -1.15. The van der Waals surface area contributed by atoms with E-state index < -0.39 is 22.2 Å². The van der Waals surface area contributed by atoms with E-state index in [0.717, 1.165) is 0 Å². The van der Waals surface area contributed by atoms with E-state index in [1.165, 1.54) is 0 Å². The van der Waals surface area contributed by atoms with Crippen LogP contribution < -0.4 is 33.2 Å². The molecule has 10 heteroatoms. The Hall–Kier alpha value is -2.24. The van der Waals surface area contributed by atoms with Crippen molar-refractivity contribution in [1.82, 2.24) is 8.96 Å². The number of benzene rings is 1. The van der Waals surface area contributed by atoms with Gasteiger partial charge in [0, 0.05) is 21.5 Å². The quantitative estimate of drug-likeness (QED) is 0.379. The molecule has 3 rings (SSSR count). The van der Waals surface area contributed by atoms with Crippen LogP contribution in [0.15, 0.2) is 19.2 Å². The molecule has 0 aliphatic carbocycles. The van der Waals surface area contributed by atoms with Crippen molar-refractivity contribution < 1.29 is 0 Å². The van der Waals surface area contributed by atoms with Gasteiger partial charge in [-0.3, -0.25) is 19.2 Å². The predicted octanol–water partition coefficient (Wildman–Crippen LogP) is -4.64. The monoisotopic (exact) mass is 256 g/mol. The molecule has 2 heterocycles. The van der Waals surface area contributed by atoms with Crippen LogP contribution in [0, 0.1) is 0 Å². The van der Waals surface area contributed by atoms with Crippen LogP contribution in [0.3, 0.4) is 0 Å². The Morgan fingerprint density at radius 2 is 0.750 bits per heavy atom. The molecular weight excluding hydrogens is 255 g/mol. The topological polar surface area (TPSA) is 78.1 Å². The van der Waals surface area contributed by atoms with Gasteiger partial charge in [-0.1, -0.05) is 10.9 Å². The van der Waals surface area contributed by atoms with E-state index in [9.17, 15) is 19.2 Å². The average molecular weight is 255 g/mol. The smallest absolute Gasteiger partial charge is 0.247 e. The second-order valence-electron chi connectivity index (χ2n) is 4.29. The van der Waals surface area contributed by atoms with Crippen LogP contribution in [0.4, 0.5) is 0 Å². The van der Waals surface area contributed by atoms with Crippen LogP contribution in [0.2, 0.25) is 0 Å². The van der Waals surface area contributed by atoms with Gasteiger partial charge in [0.1, 0.15) is 15.7 Å². The third-order valence-corrected chi connectivity index (χ3v) is 3.31. The summed E-state index contributed by atoms with van der Waals surface area (Å²) < 4.78 is 0.642. The first-order valence-corrected chi connectivity index (χ1v) is 5.30. The molecule has 0 bridgehead atoms. The molecule has 0 saturated carbocycles. The third kappa shape index (κ3) is 1.19. The zero-order valence-corrected chi connectivity index (χ0v) is 9.84. The second-order valence-corrected chi connectivity index (χ2v) is 4.29. The van der Waals surface area contributed by atoms with E-state index in [1.807, 2.05) is 0 Å². The molecule has 0 atom stereocenters. The predicted molar refractivity (Wildman–Crippen MR) is 78.0 cm³/mol. The maximum atomic E-state index is 11.9. The number of nitrogens with zero attached hydrogens (tertiary/aromatic N) is 2. The van der Waals surface area contributed by atoms with Gasteiger partial charge in [0.15, 0.2) is 0 Å². The minimum absolute atomic E-state index is 0.287. The lowest BCUT2D eigenvalue weighted by atomic mass is 9.80. The number of rotatable bonds is 0. The van der Waals surface area contributed by atoms with Gasteiger partial charge in [0.05, 0.1) is 0 Å². The Morgan fingerprint density at radius 1 is 0.550 bits per heavy atom. The fraction of sp³-hybridized carbons (Fsp3) is 0. The Kier molecular flexibility index (Phi) is 2.33. The molecule has 8 radical (unpaired) electrons. The molecule has 0 amide bonds. The summed E-state index contributed by atoms with van der Waals surface area (Å²) in [6.07, 6.45) is 0. The summed E-state index contributed by atoms with van der Waals surface area (Å²) in [7, 11) is 22.0. The fourth-order valence-electron chi connectivity index (χ4n) is 2.34. The van der Waals surface area contributed by atoms with Crippen LogP contribution in [0.5, 0.6) is 0 Å². The van der Waals surface area contributed by atoms with E-state index in [-0.39, 0.29) is 32.5 Å². The zero-order chi connectivity index (χ0) is 14.9. The molecule has 6 nitrogen and oxygen atoms in total. The van der Waals surface area contributed by atoms with E-state index in [1.54, 1.807) is 0 Å². The molecule has 0 fully saturated rings. The summed E-state index contributed by atoms with van der Waals surface area (Å²) in [6.45, 7) is 0. The lowest BCUT2D eigenvalue weighted by molar-refractivity contribution is 1.13. The third-order valence-electron chi connectivity index (χ3n) is 3.31. The largest absolute Gasteiger partial charge is 0.333 e. The van der Waals surface area contributed by atoms with Gasteiger partial charge in [0.2, 0.25) is 38.2 Å². The molecule has 0 unspecified atom stereocenters. The van der Waals surface area contributed by atoms with Crippen LogP contribution in [-0.2, 0) is 0 Å². The fourth-order valence-corrected chi connectivity index (χ4v) is 2.34. The van der Waals surface area contributed by atoms with Crippen molar-refractivity contribution in [2.45, 2.75) is 0 Å². The van der Waals surface area contributed by atoms with E-state index in [0.29, 0.717) is 8.96 Å². The minimum atomic E-state index is -0.896. The van der Waals surface area contributed by atoms with Crippen molar-refractivity contribution in [3.63, 3.8) is 0 Å². The van der Waals surface area contributed by atoms with Crippen LogP contribution in [-0.4, -0.2) is 40.6 Å². The molecule has 20 heavy (non-hydrogen) atoms. The molecule has 86 valence electrons. The van der Waals surface area contributed by atoms with Gasteiger partial charge in [-0.15, -0.1) is 0 Å². The van der Waals surface area contributed by atoms with Gasteiger partial charge >= 0.3 is 0 Å². The zero-order valence-electron chi connectivity index (χ0n) is 9.84. The highest BCUT2D eigenvalue weighted by atomic mass is 16.2. The van der Waals surface area contributed by atoms with Gasteiger partial charge < -0.3 is 8.96 Å². The summed E-state index contributed by atoms with van der Waals surface area (Å²) in [4.78, 5) is 47.4. The van der Waals surface area contributed by atoms with Crippen molar-refractivity contribution in [2.24, 2.45) is 0 Å². The van der Waals surface area contributed by atoms with Gasteiger partial charge in [-0.05, 0) is 0 Å². The molecule has 0 aliphatic rings. The van der Waals surface area contributed by atoms with Crippen molar-refractivity contribution >= 4 is 64.1 Å². The molecule has 0 N–H and O–H groups in total. The SMILES string of the molecule is [B]c1c2c(=O)n([B])c(=O)c2c([B])c2c(=O)n([B])c(=O)c12. The number of aromatic nitrogens is 2. The summed E-state index contributed by atoms with van der Waals surface area (Å²) in [6, 6.07) is 0. The van der Waals surface area contributed by atoms with Gasteiger partial charge in [-0.25, -0.2) is 0 Å². The maximum absolute atomic E-state index is 11.9. The van der Waals surface area contributed by atoms with E-state index >= 15 is 0 Å². The summed E-state index contributed by atoms with van der Waals surface area (Å²) in [5.74, 6) is 0. The van der Waals surface area contributed by atoms with E-state index in [2.05, 4.69) is 0 Å². The first-order valence-electron chi connectivity index (χ1n) is 5.30. The number of fused-ring (bicyclic) bond motifs is 2. The number of hydrogen-bond acceptors (Lipinski definition) is 4. The standard InChI is InChI=1S/C10B4N2O4/c11-5-1-2(8(18)15(13)7(1)17)6(12)4-3(5)9(19)16(14)10(4)20. The Balaban J connectivity index is 2.94. The maximum Gasteiger partial charge on any atom is 0.247 e. The van der Waals surface area contributed by atoms with Gasteiger partial charge in [0.25, 0.3) is 0 Å². The highest BCUT2D eigenvalue weighted by molar-refractivity contribution is 6.53. The van der Waals surface area contributed by atoms with Crippen molar-refractivity contribution in [2.75, 3.05) is 0 Å². The Bertz CT molecular complexity index is 947. The Labute approximate surface area is 115 Å². The first-order chi connectivity index (χ1) is 9.29. The summed E-state index contributed by atoms with van der Waals surface area (Å²) in [5.41, 5.74) is -4.25. The van der Waals surface area contributed by atoms with Gasteiger partial charge in [-0.2, -0.15) is 0 Å². The second kappa shape index (κ2) is 3.65. The first kappa shape index (κ1) is 12.8. The van der Waals surface area contributed by atoms with Crippen molar-refractivity contribution in [3.05, 3.63) is 41.4 Å². The molecule has 0 saturated heterocycles. The average Bonchev–Trinajstić information content (AvgIpc) is 2.77. The van der Waals surface area contributed by atoms with E-state index in [4.69, 9.17) is 31.7 Å². The molecule has 1 aromatic carbocycles. The van der Waals surface area contributed by atoms with Crippen LogP contribution >= 0.6 is 0 Å². The molecule has 2 aromatic heterocycles. The molecule has 0 aliphatic heterocycles. The lowest BCUT2D eigenvalue weighted by Gasteiger charge is -2.01. The normalized spacial score (nSPS) is 11.6. The summed E-state index contributed by atoms with van der Waals surface area (Å²) >= 11 is 0. The van der Waals surface area contributed by atoms with Crippen molar-refractivity contribution in [3.8, 4) is 0 Å². The molecular formula is C10B4N2O4. The van der Waals surface area contributed by atoms with Crippen LogP contribution in [0.1, 0.15) is 0 Å². The molecule has 3 aromatic rings. The highest BCUT2D eigenvalue weighted by Gasteiger charge is 2.22. The lowest BCUT2D eigenvalue weighted by Crippen LogP contribution is -2.26. The van der Waals surface area contributed by atoms with Crippen molar-refractivity contribution in [1.29, 1.82) is 0 Å². The number of hydrogen-bond donors (Lipinski definition) is 0. The Morgan fingerprint density at radius 3 is 0.950 bits per heavy atom.